The maximum absolute atomic E-state index is 3.46. The first-order valence-electron chi connectivity index (χ1n) is 4.02. The number of hydrogen-bond acceptors (Lipinski definition) is 1. The number of anilines is 1. The fraction of sp³-hybridized carbons (Fsp3) is 0.200. The SMILES string of the molecule is Brc1cccc(N2CC=CC2)c1. The third kappa shape index (κ3) is 1.53. The van der Waals surface area contributed by atoms with Crippen LogP contribution in [0.5, 0.6) is 0 Å². The Labute approximate surface area is 80.8 Å². The second-order valence-electron chi connectivity index (χ2n) is 2.86. The highest BCUT2D eigenvalue weighted by Gasteiger charge is 2.06. The number of benzene rings is 1. The third-order valence-electron chi connectivity index (χ3n) is 1.99. The normalized spacial score (nSPS) is 15.6. The molecule has 0 saturated carbocycles. The van der Waals surface area contributed by atoms with Gasteiger partial charge in [0.15, 0.2) is 0 Å². The van der Waals surface area contributed by atoms with Crippen LogP contribution in [0.3, 0.4) is 0 Å². The molecule has 1 aromatic rings. The van der Waals surface area contributed by atoms with Gasteiger partial charge in [-0.25, -0.2) is 0 Å². The Morgan fingerprint density at radius 1 is 1.17 bits per heavy atom. The predicted octanol–water partition coefficient (Wildman–Crippen LogP) is 2.83. The molecule has 62 valence electrons. The van der Waals surface area contributed by atoms with E-state index in [0.717, 1.165) is 17.6 Å². The second-order valence-corrected chi connectivity index (χ2v) is 3.77. The molecule has 0 fully saturated rings. The first-order chi connectivity index (χ1) is 5.86. The number of rotatable bonds is 1. The molecule has 0 radical (unpaired) electrons. The number of nitrogens with zero attached hydrogens (tertiary/aromatic N) is 1. The minimum absolute atomic E-state index is 1.04. The lowest BCUT2D eigenvalue weighted by molar-refractivity contribution is 1.01. The van der Waals surface area contributed by atoms with E-state index in [1.165, 1.54) is 5.69 Å². The molecule has 0 aromatic heterocycles. The summed E-state index contributed by atoms with van der Waals surface area (Å²) in [6.45, 7) is 2.08. The van der Waals surface area contributed by atoms with E-state index in [1.807, 2.05) is 6.07 Å². The van der Waals surface area contributed by atoms with Gasteiger partial charge in [-0.2, -0.15) is 0 Å². The summed E-state index contributed by atoms with van der Waals surface area (Å²) in [5, 5.41) is 0. The number of hydrogen-bond donors (Lipinski definition) is 0. The summed E-state index contributed by atoms with van der Waals surface area (Å²) in [5.41, 5.74) is 1.29. The molecule has 0 atom stereocenters. The monoisotopic (exact) mass is 223 g/mol. The fourth-order valence-electron chi connectivity index (χ4n) is 1.36. The highest BCUT2D eigenvalue weighted by atomic mass is 79.9. The largest absolute Gasteiger partial charge is 0.364 e. The van der Waals surface area contributed by atoms with E-state index in [9.17, 15) is 0 Å². The molecule has 0 spiro atoms. The van der Waals surface area contributed by atoms with Crippen LogP contribution in [0.4, 0.5) is 5.69 Å². The Hall–Kier alpha value is -0.760. The molecule has 1 aromatic carbocycles. The van der Waals surface area contributed by atoms with Crippen LogP contribution in [-0.4, -0.2) is 13.1 Å². The molecule has 1 nitrogen and oxygen atoms in total. The molecule has 2 rings (SSSR count). The smallest absolute Gasteiger partial charge is 0.0383 e. The molecular formula is C10H10BrN. The van der Waals surface area contributed by atoms with Crippen molar-refractivity contribution >= 4 is 21.6 Å². The maximum atomic E-state index is 3.46. The van der Waals surface area contributed by atoms with Gasteiger partial charge in [0.2, 0.25) is 0 Å². The highest BCUT2D eigenvalue weighted by Crippen LogP contribution is 2.21. The Balaban J connectivity index is 2.22. The summed E-state index contributed by atoms with van der Waals surface area (Å²) in [7, 11) is 0. The van der Waals surface area contributed by atoms with Crippen LogP contribution in [0.25, 0.3) is 0 Å². The summed E-state index contributed by atoms with van der Waals surface area (Å²) in [4.78, 5) is 2.32. The summed E-state index contributed by atoms with van der Waals surface area (Å²) in [6.07, 6.45) is 4.39. The Bertz CT molecular complexity index is 298. The van der Waals surface area contributed by atoms with Gasteiger partial charge < -0.3 is 4.90 Å². The minimum atomic E-state index is 1.04. The van der Waals surface area contributed by atoms with Crippen LogP contribution in [0.1, 0.15) is 0 Å². The third-order valence-corrected chi connectivity index (χ3v) is 2.48. The molecule has 0 bridgehead atoms. The van der Waals surface area contributed by atoms with Gasteiger partial charge in [-0.05, 0) is 18.2 Å². The average molecular weight is 224 g/mol. The van der Waals surface area contributed by atoms with Gasteiger partial charge in [0.1, 0.15) is 0 Å². The molecule has 12 heavy (non-hydrogen) atoms. The minimum Gasteiger partial charge on any atom is -0.364 e. The summed E-state index contributed by atoms with van der Waals surface area (Å²) >= 11 is 3.46. The lowest BCUT2D eigenvalue weighted by atomic mass is 10.3. The molecule has 1 aliphatic heterocycles. The van der Waals surface area contributed by atoms with E-state index in [-0.39, 0.29) is 0 Å². The van der Waals surface area contributed by atoms with E-state index in [4.69, 9.17) is 0 Å². The van der Waals surface area contributed by atoms with Crippen LogP contribution < -0.4 is 4.90 Å². The van der Waals surface area contributed by atoms with Crippen LogP contribution >= 0.6 is 15.9 Å². The van der Waals surface area contributed by atoms with Gasteiger partial charge in [-0.3, -0.25) is 0 Å². The molecule has 0 aliphatic carbocycles. The van der Waals surface area contributed by atoms with Crippen molar-refractivity contribution in [2.24, 2.45) is 0 Å². The van der Waals surface area contributed by atoms with E-state index < -0.39 is 0 Å². The zero-order valence-corrected chi connectivity index (χ0v) is 8.29. The van der Waals surface area contributed by atoms with Crippen LogP contribution in [0.15, 0.2) is 40.9 Å². The van der Waals surface area contributed by atoms with Crippen molar-refractivity contribution in [3.63, 3.8) is 0 Å². The van der Waals surface area contributed by atoms with E-state index in [2.05, 4.69) is 51.2 Å². The molecule has 1 aliphatic rings. The Kier molecular flexibility index (Phi) is 2.17. The van der Waals surface area contributed by atoms with Crippen molar-refractivity contribution in [1.82, 2.24) is 0 Å². The maximum Gasteiger partial charge on any atom is 0.0383 e. The van der Waals surface area contributed by atoms with Crippen molar-refractivity contribution < 1.29 is 0 Å². The lowest BCUT2D eigenvalue weighted by Gasteiger charge is -2.17. The Morgan fingerprint density at radius 3 is 2.58 bits per heavy atom. The summed E-state index contributed by atoms with van der Waals surface area (Å²) < 4.78 is 1.15. The molecule has 0 saturated heterocycles. The quantitative estimate of drug-likeness (QED) is 0.663. The van der Waals surface area contributed by atoms with Gasteiger partial charge in [0.05, 0.1) is 0 Å². The van der Waals surface area contributed by atoms with Crippen molar-refractivity contribution in [3.05, 3.63) is 40.9 Å². The Morgan fingerprint density at radius 2 is 1.92 bits per heavy atom. The van der Waals surface area contributed by atoms with Crippen LogP contribution in [0.2, 0.25) is 0 Å². The molecule has 0 unspecified atom stereocenters. The van der Waals surface area contributed by atoms with E-state index in [0.29, 0.717) is 0 Å². The van der Waals surface area contributed by atoms with E-state index in [1.54, 1.807) is 0 Å². The first kappa shape index (κ1) is 7.87. The standard InChI is InChI=1S/C10H10BrN/c11-9-4-3-5-10(8-9)12-6-1-2-7-12/h1-5,8H,6-7H2. The van der Waals surface area contributed by atoms with Gasteiger partial charge in [-0.15, -0.1) is 0 Å². The van der Waals surface area contributed by atoms with Crippen molar-refractivity contribution in [2.75, 3.05) is 18.0 Å². The van der Waals surface area contributed by atoms with E-state index >= 15 is 0 Å². The summed E-state index contributed by atoms with van der Waals surface area (Å²) in [6, 6.07) is 8.40. The first-order valence-corrected chi connectivity index (χ1v) is 4.81. The van der Waals surface area contributed by atoms with Gasteiger partial charge in [0.25, 0.3) is 0 Å². The zero-order chi connectivity index (χ0) is 8.39. The fourth-order valence-corrected chi connectivity index (χ4v) is 1.75. The summed E-state index contributed by atoms with van der Waals surface area (Å²) in [5.74, 6) is 0. The highest BCUT2D eigenvalue weighted by molar-refractivity contribution is 9.10. The second kappa shape index (κ2) is 3.31. The van der Waals surface area contributed by atoms with Crippen LogP contribution in [0, 0.1) is 0 Å². The topological polar surface area (TPSA) is 3.24 Å². The van der Waals surface area contributed by atoms with Gasteiger partial charge >= 0.3 is 0 Å². The predicted molar refractivity (Wildman–Crippen MR) is 55.5 cm³/mol. The number of halogens is 1. The molecule has 1 heterocycles. The zero-order valence-electron chi connectivity index (χ0n) is 6.70. The van der Waals surface area contributed by atoms with Gasteiger partial charge in [0, 0.05) is 23.2 Å². The molecule has 0 amide bonds. The molecule has 2 heteroatoms. The van der Waals surface area contributed by atoms with Crippen molar-refractivity contribution in [1.29, 1.82) is 0 Å². The molecule has 0 N–H and O–H groups in total. The van der Waals surface area contributed by atoms with Crippen molar-refractivity contribution in [2.45, 2.75) is 0 Å². The van der Waals surface area contributed by atoms with Crippen molar-refractivity contribution in [3.8, 4) is 0 Å². The molecular weight excluding hydrogens is 214 g/mol. The lowest BCUT2D eigenvalue weighted by Crippen LogP contribution is -2.18. The van der Waals surface area contributed by atoms with Gasteiger partial charge in [-0.1, -0.05) is 34.1 Å². The van der Waals surface area contributed by atoms with Crippen LogP contribution in [-0.2, 0) is 0 Å². The average Bonchev–Trinajstić information content (AvgIpc) is 2.56.